The first-order valence-corrected chi connectivity index (χ1v) is 6.83. The molecule has 0 unspecified atom stereocenters. The molecule has 0 aliphatic carbocycles. The standard InChI is InChI=1S/C13H12Br2N2/c1-9-2-3-12(5-13(9)15)17-7-10-4-11(14)8-16-6-10/h2-6,8,17H,7H2,1H3. The van der Waals surface area contributed by atoms with Crippen molar-refractivity contribution in [1.29, 1.82) is 0 Å². The molecule has 0 aliphatic rings. The number of aromatic nitrogens is 1. The maximum Gasteiger partial charge on any atom is 0.0416 e. The molecule has 0 amide bonds. The summed E-state index contributed by atoms with van der Waals surface area (Å²) in [6.45, 7) is 2.84. The van der Waals surface area contributed by atoms with Crippen molar-refractivity contribution in [3.63, 3.8) is 0 Å². The van der Waals surface area contributed by atoms with Crippen LogP contribution in [0, 0.1) is 6.92 Å². The number of hydrogen-bond donors (Lipinski definition) is 1. The highest BCUT2D eigenvalue weighted by Crippen LogP contribution is 2.21. The summed E-state index contributed by atoms with van der Waals surface area (Å²) in [4.78, 5) is 4.13. The highest BCUT2D eigenvalue weighted by Gasteiger charge is 1.98. The number of aryl methyl sites for hydroxylation is 1. The second-order valence-corrected chi connectivity index (χ2v) is 5.60. The molecule has 2 nitrogen and oxygen atoms in total. The van der Waals surface area contributed by atoms with Gasteiger partial charge in [0, 0.05) is 33.6 Å². The summed E-state index contributed by atoms with van der Waals surface area (Å²) < 4.78 is 2.12. The highest BCUT2D eigenvalue weighted by atomic mass is 79.9. The van der Waals surface area contributed by atoms with Crippen molar-refractivity contribution in [2.75, 3.05) is 5.32 Å². The summed E-state index contributed by atoms with van der Waals surface area (Å²) in [5, 5.41) is 3.37. The fourth-order valence-corrected chi connectivity index (χ4v) is 2.25. The van der Waals surface area contributed by atoms with E-state index >= 15 is 0 Å². The Morgan fingerprint density at radius 1 is 1.18 bits per heavy atom. The molecule has 1 N–H and O–H groups in total. The van der Waals surface area contributed by atoms with Crippen LogP contribution < -0.4 is 5.32 Å². The highest BCUT2D eigenvalue weighted by molar-refractivity contribution is 9.10. The summed E-state index contributed by atoms with van der Waals surface area (Å²) >= 11 is 6.94. The van der Waals surface area contributed by atoms with Crippen molar-refractivity contribution in [3.05, 3.63) is 56.7 Å². The Balaban J connectivity index is 2.05. The van der Waals surface area contributed by atoms with Crippen molar-refractivity contribution in [3.8, 4) is 0 Å². The number of nitrogens with one attached hydrogen (secondary N) is 1. The van der Waals surface area contributed by atoms with Gasteiger partial charge in [-0.1, -0.05) is 22.0 Å². The van der Waals surface area contributed by atoms with Gasteiger partial charge in [-0.2, -0.15) is 0 Å². The molecule has 0 radical (unpaired) electrons. The lowest BCUT2D eigenvalue weighted by Gasteiger charge is -2.08. The molecule has 4 heteroatoms. The molecule has 0 aliphatic heterocycles. The van der Waals surface area contributed by atoms with Gasteiger partial charge in [0.05, 0.1) is 0 Å². The third-order valence-corrected chi connectivity index (χ3v) is 3.72. The minimum Gasteiger partial charge on any atom is -0.381 e. The van der Waals surface area contributed by atoms with Crippen LogP contribution in [0.15, 0.2) is 45.6 Å². The van der Waals surface area contributed by atoms with Gasteiger partial charge in [0.1, 0.15) is 0 Å². The largest absolute Gasteiger partial charge is 0.381 e. The Kier molecular flexibility index (Phi) is 4.18. The van der Waals surface area contributed by atoms with Crippen LogP contribution in [0.25, 0.3) is 0 Å². The summed E-state index contributed by atoms with van der Waals surface area (Å²) in [6, 6.07) is 8.31. The second-order valence-electron chi connectivity index (χ2n) is 3.83. The lowest BCUT2D eigenvalue weighted by molar-refractivity contribution is 1.10. The normalized spacial score (nSPS) is 10.3. The minimum atomic E-state index is 0.766. The first kappa shape index (κ1) is 12.6. The van der Waals surface area contributed by atoms with Crippen molar-refractivity contribution >= 4 is 37.5 Å². The first-order valence-electron chi connectivity index (χ1n) is 5.24. The Morgan fingerprint density at radius 2 is 2.00 bits per heavy atom. The van der Waals surface area contributed by atoms with Crippen molar-refractivity contribution in [2.24, 2.45) is 0 Å². The van der Waals surface area contributed by atoms with E-state index in [1.54, 1.807) is 6.20 Å². The summed E-state index contributed by atoms with van der Waals surface area (Å²) in [5.41, 5.74) is 3.48. The van der Waals surface area contributed by atoms with Crippen LogP contribution in [0.5, 0.6) is 0 Å². The minimum absolute atomic E-state index is 0.766. The molecule has 17 heavy (non-hydrogen) atoms. The monoisotopic (exact) mass is 354 g/mol. The van der Waals surface area contributed by atoms with Gasteiger partial charge in [0.25, 0.3) is 0 Å². The fourth-order valence-electron chi connectivity index (χ4n) is 1.46. The molecule has 0 fully saturated rings. The average molecular weight is 356 g/mol. The molecular weight excluding hydrogens is 344 g/mol. The van der Waals surface area contributed by atoms with Gasteiger partial charge in [0.15, 0.2) is 0 Å². The molecule has 1 aromatic heterocycles. The molecular formula is C13H12Br2N2. The number of hydrogen-bond acceptors (Lipinski definition) is 2. The molecule has 0 saturated heterocycles. The Morgan fingerprint density at radius 3 is 2.71 bits per heavy atom. The van der Waals surface area contributed by atoms with Gasteiger partial charge in [0.2, 0.25) is 0 Å². The van der Waals surface area contributed by atoms with E-state index in [4.69, 9.17) is 0 Å². The molecule has 0 bridgehead atoms. The lowest BCUT2D eigenvalue weighted by Crippen LogP contribution is -2.00. The van der Waals surface area contributed by atoms with E-state index in [0.717, 1.165) is 26.7 Å². The van der Waals surface area contributed by atoms with E-state index < -0.39 is 0 Å². The summed E-state index contributed by atoms with van der Waals surface area (Å²) in [6.07, 6.45) is 3.65. The van der Waals surface area contributed by atoms with Crippen LogP contribution in [0.4, 0.5) is 5.69 Å². The van der Waals surface area contributed by atoms with Gasteiger partial charge in [-0.15, -0.1) is 0 Å². The van der Waals surface area contributed by atoms with Gasteiger partial charge < -0.3 is 5.32 Å². The quantitative estimate of drug-likeness (QED) is 0.875. The number of rotatable bonds is 3. The summed E-state index contributed by atoms with van der Waals surface area (Å²) in [5.74, 6) is 0. The zero-order valence-corrected chi connectivity index (χ0v) is 12.5. The van der Waals surface area contributed by atoms with Crippen molar-refractivity contribution in [2.45, 2.75) is 13.5 Å². The Hall–Kier alpha value is -0.870. The average Bonchev–Trinajstić information content (AvgIpc) is 2.31. The van der Waals surface area contributed by atoms with E-state index in [1.807, 2.05) is 6.20 Å². The van der Waals surface area contributed by atoms with E-state index in [2.05, 4.69) is 73.3 Å². The molecule has 2 aromatic rings. The molecule has 2 rings (SSSR count). The zero-order chi connectivity index (χ0) is 12.3. The van der Waals surface area contributed by atoms with Gasteiger partial charge in [-0.3, -0.25) is 4.98 Å². The Bertz CT molecular complexity index is 527. The predicted molar refractivity (Wildman–Crippen MR) is 78.1 cm³/mol. The van der Waals surface area contributed by atoms with Crippen molar-refractivity contribution in [1.82, 2.24) is 4.98 Å². The smallest absolute Gasteiger partial charge is 0.0416 e. The maximum absolute atomic E-state index is 4.13. The molecule has 1 heterocycles. The number of nitrogens with zero attached hydrogens (tertiary/aromatic N) is 1. The van der Waals surface area contributed by atoms with Crippen LogP contribution in [-0.2, 0) is 6.54 Å². The third kappa shape index (κ3) is 3.54. The van der Waals surface area contributed by atoms with Crippen LogP contribution in [-0.4, -0.2) is 4.98 Å². The van der Waals surface area contributed by atoms with Crippen molar-refractivity contribution < 1.29 is 0 Å². The fraction of sp³-hybridized carbons (Fsp3) is 0.154. The Labute approximate surface area is 118 Å². The maximum atomic E-state index is 4.13. The molecule has 0 atom stereocenters. The zero-order valence-electron chi connectivity index (χ0n) is 9.37. The number of anilines is 1. The SMILES string of the molecule is Cc1ccc(NCc2cncc(Br)c2)cc1Br. The van der Waals surface area contributed by atoms with Crippen LogP contribution in [0.2, 0.25) is 0 Å². The van der Waals surface area contributed by atoms with E-state index in [1.165, 1.54) is 5.56 Å². The molecule has 0 saturated carbocycles. The number of benzene rings is 1. The topological polar surface area (TPSA) is 24.9 Å². The van der Waals surface area contributed by atoms with Crippen LogP contribution in [0.3, 0.4) is 0 Å². The van der Waals surface area contributed by atoms with Crippen LogP contribution in [0.1, 0.15) is 11.1 Å². The number of halogens is 2. The predicted octanol–water partition coefficient (Wildman–Crippen LogP) is 4.53. The second kappa shape index (κ2) is 5.65. The lowest BCUT2D eigenvalue weighted by atomic mass is 10.2. The first-order chi connectivity index (χ1) is 8.15. The van der Waals surface area contributed by atoms with Crippen LogP contribution >= 0.6 is 31.9 Å². The van der Waals surface area contributed by atoms with Gasteiger partial charge in [-0.25, -0.2) is 0 Å². The summed E-state index contributed by atoms with van der Waals surface area (Å²) in [7, 11) is 0. The van der Waals surface area contributed by atoms with E-state index in [0.29, 0.717) is 0 Å². The molecule has 88 valence electrons. The molecule has 0 spiro atoms. The molecule has 1 aromatic carbocycles. The van der Waals surface area contributed by atoms with E-state index in [9.17, 15) is 0 Å². The van der Waals surface area contributed by atoms with Gasteiger partial charge in [-0.05, 0) is 52.2 Å². The van der Waals surface area contributed by atoms with E-state index in [-0.39, 0.29) is 0 Å². The van der Waals surface area contributed by atoms with Gasteiger partial charge >= 0.3 is 0 Å². The number of pyridine rings is 1. The third-order valence-electron chi connectivity index (χ3n) is 2.43.